The highest BCUT2D eigenvalue weighted by Crippen LogP contribution is 2.17. The molecule has 3 amide bonds. The summed E-state index contributed by atoms with van der Waals surface area (Å²) in [5.41, 5.74) is 1.15. The van der Waals surface area contributed by atoms with Gasteiger partial charge in [-0.1, -0.05) is 46.3 Å². The van der Waals surface area contributed by atoms with Crippen LogP contribution in [0.4, 0.5) is 4.79 Å². The summed E-state index contributed by atoms with van der Waals surface area (Å²) in [5, 5.41) is 2.76. The highest BCUT2D eigenvalue weighted by atomic mass is 79.9. The molecule has 1 aliphatic heterocycles. The van der Waals surface area contributed by atoms with Gasteiger partial charge in [-0.05, 0) is 42.7 Å². The number of hydrogen-bond donors (Lipinski definition) is 1. The van der Waals surface area contributed by atoms with Crippen molar-refractivity contribution >= 4 is 27.9 Å². The average Bonchev–Trinajstić information content (AvgIpc) is 2.90. The molecule has 25 heavy (non-hydrogen) atoms. The first-order valence-electron chi connectivity index (χ1n) is 8.17. The van der Waals surface area contributed by atoms with E-state index in [1.807, 2.05) is 54.6 Å². The topological polar surface area (TPSA) is 58.6 Å². The second-order valence-corrected chi connectivity index (χ2v) is 6.73. The second-order valence-electron chi connectivity index (χ2n) is 5.82. The van der Waals surface area contributed by atoms with Crippen LogP contribution >= 0.6 is 15.9 Å². The summed E-state index contributed by atoms with van der Waals surface area (Å²) < 4.78 is 6.56. The van der Waals surface area contributed by atoms with E-state index in [4.69, 9.17) is 4.74 Å². The molecule has 6 heteroatoms. The number of amides is 3. The minimum absolute atomic E-state index is 0.180. The largest absolute Gasteiger partial charge is 0.492 e. The van der Waals surface area contributed by atoms with Gasteiger partial charge in [0.15, 0.2) is 0 Å². The minimum Gasteiger partial charge on any atom is -0.492 e. The molecule has 3 rings (SSSR count). The molecular weight excluding hydrogens is 384 g/mol. The lowest BCUT2D eigenvalue weighted by Crippen LogP contribution is -2.35. The van der Waals surface area contributed by atoms with Crippen LogP contribution in [0, 0.1) is 0 Å². The van der Waals surface area contributed by atoms with E-state index in [-0.39, 0.29) is 25.1 Å². The van der Waals surface area contributed by atoms with Gasteiger partial charge >= 0.3 is 6.03 Å². The van der Waals surface area contributed by atoms with E-state index in [0.717, 1.165) is 16.5 Å². The van der Waals surface area contributed by atoms with Gasteiger partial charge in [0.1, 0.15) is 18.4 Å². The predicted molar refractivity (Wildman–Crippen MR) is 98.4 cm³/mol. The average molecular weight is 403 g/mol. The Hall–Kier alpha value is -2.34. The maximum Gasteiger partial charge on any atom is 0.324 e. The monoisotopic (exact) mass is 402 g/mol. The number of rotatable bonds is 7. The molecule has 5 nitrogen and oxygen atoms in total. The maximum absolute atomic E-state index is 12.4. The third kappa shape index (κ3) is 4.60. The summed E-state index contributed by atoms with van der Waals surface area (Å²) in [7, 11) is 0. The number of urea groups is 1. The zero-order chi connectivity index (χ0) is 17.6. The number of aryl methyl sites for hydroxylation is 1. The van der Waals surface area contributed by atoms with Gasteiger partial charge in [0, 0.05) is 4.47 Å². The number of hydrogen-bond acceptors (Lipinski definition) is 3. The molecule has 1 aliphatic rings. The van der Waals surface area contributed by atoms with Crippen molar-refractivity contribution in [2.45, 2.75) is 18.9 Å². The second kappa shape index (κ2) is 8.16. The van der Waals surface area contributed by atoms with Gasteiger partial charge < -0.3 is 10.1 Å². The van der Waals surface area contributed by atoms with Crippen LogP contribution in [-0.2, 0) is 11.2 Å². The molecule has 2 aromatic carbocycles. The van der Waals surface area contributed by atoms with Crippen LogP contribution in [0.2, 0.25) is 0 Å². The predicted octanol–water partition coefficient (Wildman–Crippen LogP) is 3.38. The van der Waals surface area contributed by atoms with Gasteiger partial charge in [-0.25, -0.2) is 4.79 Å². The number of halogens is 1. The maximum atomic E-state index is 12.4. The number of nitrogens with zero attached hydrogens (tertiary/aromatic N) is 1. The van der Waals surface area contributed by atoms with Crippen LogP contribution in [-0.4, -0.2) is 36.0 Å². The lowest BCUT2D eigenvalue weighted by atomic mass is 10.1. The lowest BCUT2D eigenvalue weighted by Gasteiger charge is -2.14. The van der Waals surface area contributed by atoms with Gasteiger partial charge in [0.25, 0.3) is 5.91 Å². The van der Waals surface area contributed by atoms with Crippen LogP contribution in [0.15, 0.2) is 59.1 Å². The summed E-state index contributed by atoms with van der Waals surface area (Å²) in [6.07, 6.45) is 1.35. The van der Waals surface area contributed by atoms with E-state index in [2.05, 4.69) is 21.2 Å². The number of benzene rings is 2. The zero-order valence-electron chi connectivity index (χ0n) is 13.7. The van der Waals surface area contributed by atoms with Crippen molar-refractivity contribution in [1.29, 1.82) is 0 Å². The third-order valence-corrected chi connectivity index (χ3v) is 4.60. The molecule has 1 atom stereocenters. The van der Waals surface area contributed by atoms with Gasteiger partial charge in [0.2, 0.25) is 0 Å². The van der Waals surface area contributed by atoms with Crippen molar-refractivity contribution in [3.05, 3.63) is 64.6 Å². The SMILES string of the molecule is O=C1NC(CCc2ccccc2)C(=O)N1CCOc1ccc(Br)cc1. The van der Waals surface area contributed by atoms with Crippen LogP contribution in [0.5, 0.6) is 5.75 Å². The van der Waals surface area contributed by atoms with Gasteiger partial charge in [0.05, 0.1) is 6.54 Å². The van der Waals surface area contributed by atoms with Crippen molar-refractivity contribution in [2.75, 3.05) is 13.2 Å². The van der Waals surface area contributed by atoms with Crippen molar-refractivity contribution in [3.8, 4) is 5.75 Å². The molecule has 1 unspecified atom stereocenters. The van der Waals surface area contributed by atoms with Gasteiger partial charge in [-0.2, -0.15) is 0 Å². The van der Waals surface area contributed by atoms with Crippen LogP contribution in [0.1, 0.15) is 12.0 Å². The Morgan fingerprint density at radius 2 is 1.76 bits per heavy atom. The van der Waals surface area contributed by atoms with E-state index in [9.17, 15) is 9.59 Å². The highest BCUT2D eigenvalue weighted by Gasteiger charge is 2.37. The zero-order valence-corrected chi connectivity index (χ0v) is 15.2. The van der Waals surface area contributed by atoms with E-state index in [1.165, 1.54) is 4.90 Å². The molecule has 0 saturated carbocycles. The standard InChI is InChI=1S/C19H19BrN2O3/c20-15-7-9-16(10-8-15)25-13-12-22-18(23)17(21-19(22)24)11-6-14-4-2-1-3-5-14/h1-5,7-10,17H,6,11-13H2,(H,21,24). The molecule has 0 bridgehead atoms. The summed E-state index contributed by atoms with van der Waals surface area (Å²) in [5.74, 6) is 0.524. The first kappa shape index (κ1) is 17.5. The third-order valence-electron chi connectivity index (χ3n) is 4.07. The number of carbonyl (C=O) groups is 2. The van der Waals surface area contributed by atoms with Gasteiger partial charge in [-0.3, -0.25) is 9.69 Å². The van der Waals surface area contributed by atoms with Crippen molar-refractivity contribution in [3.63, 3.8) is 0 Å². The fourth-order valence-electron chi connectivity index (χ4n) is 2.73. The van der Waals surface area contributed by atoms with Crippen LogP contribution in [0.3, 0.4) is 0 Å². The fraction of sp³-hybridized carbons (Fsp3) is 0.263. The molecule has 1 saturated heterocycles. The number of carbonyl (C=O) groups excluding carboxylic acids is 2. The molecule has 0 aliphatic carbocycles. The molecule has 1 fully saturated rings. The molecule has 1 N–H and O–H groups in total. The van der Waals surface area contributed by atoms with E-state index in [0.29, 0.717) is 12.2 Å². The van der Waals surface area contributed by atoms with E-state index >= 15 is 0 Å². The first-order chi connectivity index (χ1) is 12.1. The van der Waals surface area contributed by atoms with Crippen LogP contribution in [0.25, 0.3) is 0 Å². The Morgan fingerprint density at radius 1 is 1.04 bits per heavy atom. The first-order valence-corrected chi connectivity index (χ1v) is 8.97. The summed E-state index contributed by atoms with van der Waals surface area (Å²) in [6.45, 7) is 0.509. The Kier molecular flexibility index (Phi) is 5.71. The molecule has 0 radical (unpaired) electrons. The lowest BCUT2D eigenvalue weighted by molar-refractivity contribution is -0.127. The van der Waals surface area contributed by atoms with Crippen molar-refractivity contribution < 1.29 is 14.3 Å². The Labute approximate surface area is 155 Å². The minimum atomic E-state index is -0.458. The van der Waals surface area contributed by atoms with Crippen LogP contribution < -0.4 is 10.1 Å². The fourth-order valence-corrected chi connectivity index (χ4v) is 2.99. The molecule has 130 valence electrons. The number of nitrogens with one attached hydrogen (secondary N) is 1. The quantitative estimate of drug-likeness (QED) is 0.722. The Morgan fingerprint density at radius 3 is 2.48 bits per heavy atom. The van der Waals surface area contributed by atoms with Crippen molar-refractivity contribution in [2.24, 2.45) is 0 Å². The molecule has 1 heterocycles. The molecule has 2 aromatic rings. The molecule has 0 aromatic heterocycles. The van der Waals surface area contributed by atoms with Gasteiger partial charge in [-0.15, -0.1) is 0 Å². The number of imide groups is 1. The summed E-state index contributed by atoms with van der Waals surface area (Å²) in [6, 6.07) is 16.5. The summed E-state index contributed by atoms with van der Waals surface area (Å²) in [4.78, 5) is 25.7. The van der Waals surface area contributed by atoms with E-state index in [1.54, 1.807) is 0 Å². The van der Waals surface area contributed by atoms with E-state index < -0.39 is 6.04 Å². The smallest absolute Gasteiger partial charge is 0.324 e. The molecular formula is C19H19BrN2O3. The normalized spacial score (nSPS) is 16.8. The summed E-state index contributed by atoms with van der Waals surface area (Å²) >= 11 is 3.36. The molecule has 0 spiro atoms. The Balaban J connectivity index is 1.48. The van der Waals surface area contributed by atoms with Crippen molar-refractivity contribution in [1.82, 2.24) is 10.2 Å². The number of ether oxygens (including phenoxy) is 1. The highest BCUT2D eigenvalue weighted by molar-refractivity contribution is 9.10. The Bertz CT molecular complexity index is 734.